The maximum absolute atomic E-state index is 13.1. The average Bonchev–Trinajstić information content (AvgIpc) is 2.10. The summed E-state index contributed by atoms with van der Waals surface area (Å²) in [4.78, 5) is 7.36. The molecule has 0 N–H and O–H groups in total. The number of thioether (sulfide) groups is 1. The van der Waals surface area contributed by atoms with Crippen LogP contribution in [0.2, 0.25) is 5.28 Å². The molecule has 5 heteroatoms. The maximum atomic E-state index is 13.1. The zero-order valence-corrected chi connectivity index (χ0v) is 9.70. The van der Waals surface area contributed by atoms with Crippen LogP contribution in [0.1, 0.15) is 20.3 Å². The molecular formula is C9H12ClFN2S. The molecule has 0 aromatic carbocycles. The molecule has 0 unspecified atom stereocenters. The molecule has 1 rings (SSSR count). The fraction of sp³-hybridized carbons (Fsp3) is 0.556. The van der Waals surface area contributed by atoms with Gasteiger partial charge in [-0.1, -0.05) is 13.8 Å². The lowest BCUT2D eigenvalue weighted by Gasteiger charge is -2.04. The third kappa shape index (κ3) is 3.80. The van der Waals surface area contributed by atoms with Crippen LogP contribution < -0.4 is 0 Å². The smallest absolute Gasteiger partial charge is 0.223 e. The second-order valence-electron chi connectivity index (χ2n) is 3.32. The lowest BCUT2D eigenvalue weighted by molar-refractivity contribution is 0.577. The molecule has 1 heterocycles. The Morgan fingerprint density at radius 3 is 2.93 bits per heavy atom. The standard InChI is InChI=1S/C9H12ClFN2S/c1-6(2)3-4-14-8-7(11)5-12-9(10)13-8/h5-6H,3-4H2,1-2H3. The Labute approximate surface area is 92.3 Å². The molecule has 0 saturated heterocycles. The van der Waals surface area contributed by atoms with E-state index in [9.17, 15) is 4.39 Å². The van der Waals surface area contributed by atoms with Gasteiger partial charge in [-0.25, -0.2) is 14.4 Å². The van der Waals surface area contributed by atoms with E-state index in [4.69, 9.17) is 11.6 Å². The summed E-state index contributed by atoms with van der Waals surface area (Å²) in [7, 11) is 0. The van der Waals surface area contributed by atoms with Crippen molar-refractivity contribution in [1.82, 2.24) is 9.97 Å². The molecular weight excluding hydrogens is 223 g/mol. The third-order valence-corrected chi connectivity index (χ3v) is 2.80. The van der Waals surface area contributed by atoms with E-state index in [0.717, 1.165) is 18.4 Å². The van der Waals surface area contributed by atoms with Gasteiger partial charge in [-0.2, -0.15) is 0 Å². The van der Waals surface area contributed by atoms with E-state index in [2.05, 4.69) is 23.8 Å². The maximum Gasteiger partial charge on any atom is 0.223 e. The van der Waals surface area contributed by atoms with Gasteiger partial charge >= 0.3 is 0 Å². The van der Waals surface area contributed by atoms with Crippen LogP contribution >= 0.6 is 23.4 Å². The van der Waals surface area contributed by atoms with Gasteiger partial charge in [-0.05, 0) is 29.7 Å². The fourth-order valence-corrected chi connectivity index (χ4v) is 2.13. The van der Waals surface area contributed by atoms with Gasteiger partial charge in [0.15, 0.2) is 5.82 Å². The van der Waals surface area contributed by atoms with Crippen molar-refractivity contribution in [3.8, 4) is 0 Å². The first kappa shape index (κ1) is 11.7. The van der Waals surface area contributed by atoms with Crippen molar-refractivity contribution in [2.75, 3.05) is 5.75 Å². The predicted molar refractivity (Wildman–Crippen MR) is 57.2 cm³/mol. The van der Waals surface area contributed by atoms with Crippen molar-refractivity contribution >= 4 is 23.4 Å². The molecule has 0 atom stereocenters. The van der Waals surface area contributed by atoms with Gasteiger partial charge in [0.05, 0.1) is 6.20 Å². The van der Waals surface area contributed by atoms with Crippen LogP contribution in [0.15, 0.2) is 11.2 Å². The van der Waals surface area contributed by atoms with Crippen molar-refractivity contribution in [2.24, 2.45) is 5.92 Å². The van der Waals surface area contributed by atoms with Crippen molar-refractivity contribution in [3.63, 3.8) is 0 Å². The Hall–Kier alpha value is -0.350. The van der Waals surface area contributed by atoms with Crippen LogP contribution in [0, 0.1) is 11.7 Å². The van der Waals surface area contributed by atoms with Gasteiger partial charge in [0, 0.05) is 0 Å². The monoisotopic (exact) mass is 234 g/mol. The highest BCUT2D eigenvalue weighted by molar-refractivity contribution is 7.99. The van der Waals surface area contributed by atoms with Crippen LogP contribution in [0.4, 0.5) is 4.39 Å². The normalized spacial score (nSPS) is 10.9. The minimum absolute atomic E-state index is 0.0958. The zero-order valence-electron chi connectivity index (χ0n) is 8.13. The van der Waals surface area contributed by atoms with Gasteiger partial charge in [0.25, 0.3) is 0 Å². The first-order valence-electron chi connectivity index (χ1n) is 4.40. The highest BCUT2D eigenvalue weighted by Crippen LogP contribution is 2.21. The molecule has 2 nitrogen and oxygen atoms in total. The largest absolute Gasteiger partial charge is 0.223 e. The SMILES string of the molecule is CC(C)CCSc1nc(Cl)ncc1F. The second kappa shape index (κ2) is 5.51. The van der Waals surface area contributed by atoms with Gasteiger partial charge in [-0.3, -0.25) is 0 Å². The van der Waals surface area contributed by atoms with E-state index in [-0.39, 0.29) is 5.28 Å². The lowest BCUT2D eigenvalue weighted by atomic mass is 10.2. The highest BCUT2D eigenvalue weighted by atomic mass is 35.5. The van der Waals surface area contributed by atoms with Crippen molar-refractivity contribution < 1.29 is 4.39 Å². The van der Waals surface area contributed by atoms with Crippen LogP contribution in [0.3, 0.4) is 0 Å². The molecule has 0 bridgehead atoms. The van der Waals surface area contributed by atoms with Crippen LogP contribution in [0.5, 0.6) is 0 Å². The summed E-state index contributed by atoms with van der Waals surface area (Å²) in [6.07, 6.45) is 2.14. The number of hydrogen-bond donors (Lipinski definition) is 0. The van der Waals surface area contributed by atoms with Crippen molar-refractivity contribution in [3.05, 3.63) is 17.3 Å². The number of halogens is 2. The molecule has 0 saturated carbocycles. The van der Waals surface area contributed by atoms with Crippen LogP contribution in [-0.2, 0) is 0 Å². The minimum atomic E-state index is -0.400. The van der Waals surface area contributed by atoms with Crippen molar-refractivity contribution in [1.29, 1.82) is 0 Å². The fourth-order valence-electron chi connectivity index (χ4n) is 0.824. The number of rotatable bonds is 4. The Bertz CT molecular complexity index is 307. The Balaban J connectivity index is 2.53. The van der Waals surface area contributed by atoms with Gasteiger partial charge in [0.2, 0.25) is 5.28 Å². The van der Waals surface area contributed by atoms with Crippen LogP contribution in [0.25, 0.3) is 0 Å². The third-order valence-electron chi connectivity index (χ3n) is 1.62. The zero-order chi connectivity index (χ0) is 10.6. The second-order valence-corrected chi connectivity index (χ2v) is 4.74. The number of aromatic nitrogens is 2. The van der Waals surface area contributed by atoms with Gasteiger partial charge < -0.3 is 0 Å². The summed E-state index contributed by atoms with van der Waals surface area (Å²) in [5.74, 6) is 1.06. The van der Waals surface area contributed by atoms with Gasteiger partial charge in [-0.15, -0.1) is 11.8 Å². The first-order chi connectivity index (χ1) is 6.59. The molecule has 78 valence electrons. The predicted octanol–water partition coefficient (Wildman–Crippen LogP) is 3.41. The number of nitrogens with zero attached hydrogens (tertiary/aromatic N) is 2. The molecule has 0 aliphatic heterocycles. The topological polar surface area (TPSA) is 25.8 Å². The molecule has 14 heavy (non-hydrogen) atoms. The van der Waals surface area contributed by atoms with Crippen LogP contribution in [-0.4, -0.2) is 15.7 Å². The first-order valence-corrected chi connectivity index (χ1v) is 5.76. The van der Waals surface area contributed by atoms with E-state index in [1.54, 1.807) is 0 Å². The lowest BCUT2D eigenvalue weighted by Crippen LogP contribution is -1.94. The Kier molecular flexibility index (Phi) is 4.62. The summed E-state index contributed by atoms with van der Waals surface area (Å²) in [5, 5.41) is 0.434. The molecule has 0 aliphatic rings. The molecule has 1 aromatic heterocycles. The quantitative estimate of drug-likeness (QED) is 0.454. The summed E-state index contributed by atoms with van der Waals surface area (Å²) >= 11 is 6.94. The van der Waals surface area contributed by atoms with E-state index in [1.807, 2.05) is 0 Å². The van der Waals surface area contributed by atoms with E-state index < -0.39 is 5.82 Å². The summed E-state index contributed by atoms with van der Waals surface area (Å²) in [5.41, 5.74) is 0. The average molecular weight is 235 g/mol. The van der Waals surface area contributed by atoms with Crippen molar-refractivity contribution in [2.45, 2.75) is 25.3 Å². The Morgan fingerprint density at radius 1 is 1.57 bits per heavy atom. The molecule has 0 radical (unpaired) electrons. The molecule has 0 spiro atoms. The minimum Gasteiger partial charge on any atom is -0.223 e. The molecule has 0 fully saturated rings. The Morgan fingerprint density at radius 2 is 2.29 bits per heavy atom. The summed E-state index contributed by atoms with van der Waals surface area (Å²) < 4.78 is 13.1. The highest BCUT2D eigenvalue weighted by Gasteiger charge is 2.06. The molecule has 0 amide bonds. The van der Waals surface area contributed by atoms with E-state index in [1.165, 1.54) is 11.8 Å². The van der Waals surface area contributed by atoms with E-state index >= 15 is 0 Å². The molecule has 1 aromatic rings. The number of hydrogen-bond acceptors (Lipinski definition) is 3. The summed E-state index contributed by atoms with van der Waals surface area (Å²) in [6.45, 7) is 4.26. The summed E-state index contributed by atoms with van der Waals surface area (Å²) in [6, 6.07) is 0. The van der Waals surface area contributed by atoms with E-state index in [0.29, 0.717) is 10.9 Å². The van der Waals surface area contributed by atoms with Gasteiger partial charge in [0.1, 0.15) is 5.03 Å². The molecule has 0 aliphatic carbocycles.